The van der Waals surface area contributed by atoms with Crippen LogP contribution in [-0.2, 0) is 5.72 Å². The lowest BCUT2D eigenvalue weighted by Crippen LogP contribution is -2.44. The first kappa shape index (κ1) is 13.6. The summed E-state index contributed by atoms with van der Waals surface area (Å²) in [6.07, 6.45) is 0. The van der Waals surface area contributed by atoms with Gasteiger partial charge in [0, 0.05) is 28.3 Å². The van der Waals surface area contributed by atoms with Gasteiger partial charge in [-0.05, 0) is 19.1 Å². The van der Waals surface area contributed by atoms with Crippen molar-refractivity contribution in [3.8, 4) is 0 Å². The number of hydrogen-bond acceptors (Lipinski definition) is 2. The largest absolute Gasteiger partial charge is 0.363 e. The van der Waals surface area contributed by atoms with E-state index in [0.717, 1.165) is 16.7 Å². The topological polar surface area (TPSA) is 23.5 Å². The summed E-state index contributed by atoms with van der Waals surface area (Å²) in [5, 5.41) is 11.9. The van der Waals surface area contributed by atoms with E-state index in [1.807, 2.05) is 48.2 Å². The van der Waals surface area contributed by atoms with Crippen molar-refractivity contribution in [3.05, 3.63) is 70.2 Å². The van der Waals surface area contributed by atoms with Crippen LogP contribution in [0.1, 0.15) is 23.6 Å². The van der Waals surface area contributed by atoms with E-state index in [1.165, 1.54) is 0 Å². The van der Waals surface area contributed by atoms with E-state index in [-0.39, 0.29) is 0 Å². The van der Waals surface area contributed by atoms with Gasteiger partial charge in [0.25, 0.3) is 0 Å². The molecule has 0 spiro atoms. The summed E-state index contributed by atoms with van der Waals surface area (Å²) in [5.74, 6) is 0. The fourth-order valence-corrected chi connectivity index (χ4v) is 3.39. The van der Waals surface area contributed by atoms with E-state index in [0.29, 0.717) is 16.6 Å². The quantitative estimate of drug-likeness (QED) is 0.858. The summed E-state index contributed by atoms with van der Waals surface area (Å²) in [4.78, 5) is 2.49. The van der Waals surface area contributed by atoms with E-state index in [1.54, 1.807) is 12.1 Å². The molecular weight excluding hydrogens is 290 g/mol. The van der Waals surface area contributed by atoms with Gasteiger partial charge in [-0.3, -0.25) is 0 Å². The van der Waals surface area contributed by atoms with Gasteiger partial charge in [-0.15, -0.1) is 0 Å². The maximum atomic E-state index is 11.3. The molecule has 0 aliphatic carbocycles. The van der Waals surface area contributed by atoms with Crippen LogP contribution < -0.4 is 0 Å². The van der Waals surface area contributed by atoms with E-state index >= 15 is 0 Å². The molecule has 2 aromatic rings. The molecule has 2 nitrogen and oxygen atoms in total. The predicted octanol–water partition coefficient (Wildman–Crippen LogP) is 3.54. The highest BCUT2D eigenvalue weighted by Crippen LogP contribution is 2.43. The lowest BCUT2D eigenvalue weighted by atomic mass is 9.94. The Bertz CT molecular complexity index is 673. The zero-order valence-electron chi connectivity index (χ0n) is 11.0. The van der Waals surface area contributed by atoms with Crippen molar-refractivity contribution in [2.24, 2.45) is 0 Å². The van der Waals surface area contributed by atoms with Gasteiger partial charge >= 0.3 is 0 Å². The number of hydrogen-bond donors (Lipinski definition) is 1. The normalized spacial score (nSPS) is 21.1. The molecule has 3 rings (SSSR count). The molecule has 1 aliphatic rings. The van der Waals surface area contributed by atoms with Gasteiger partial charge in [0.1, 0.15) is 4.99 Å². The summed E-state index contributed by atoms with van der Waals surface area (Å²) < 4.78 is 0. The monoisotopic (exact) mass is 303 g/mol. The van der Waals surface area contributed by atoms with Crippen molar-refractivity contribution in [3.63, 3.8) is 0 Å². The molecule has 1 N–H and O–H groups in total. The zero-order chi connectivity index (χ0) is 14.3. The summed E-state index contributed by atoms with van der Waals surface area (Å²) >= 11 is 11.6. The van der Waals surface area contributed by atoms with Crippen molar-refractivity contribution in [1.82, 2.24) is 4.90 Å². The molecule has 1 heterocycles. The first-order valence-corrected chi connectivity index (χ1v) is 7.27. The Labute approximate surface area is 128 Å². The molecule has 0 bridgehead atoms. The van der Waals surface area contributed by atoms with Crippen LogP contribution in [0.3, 0.4) is 0 Å². The number of aliphatic hydroxyl groups is 1. The summed E-state index contributed by atoms with van der Waals surface area (Å²) in [6.45, 7) is 2.60. The minimum atomic E-state index is -1.24. The van der Waals surface area contributed by atoms with Gasteiger partial charge in [0.2, 0.25) is 0 Å². The van der Waals surface area contributed by atoms with E-state index in [4.69, 9.17) is 23.8 Å². The van der Waals surface area contributed by atoms with E-state index < -0.39 is 5.72 Å². The number of thiocarbonyl (C=S) groups is 1. The standard InChI is InChI=1S/C16H14ClNOS/c1-2-18-15(20)13-9-8-12(17)10-14(13)16(18,19)11-6-4-3-5-7-11/h3-10,19H,2H2,1H3. The van der Waals surface area contributed by atoms with Crippen molar-refractivity contribution in [2.45, 2.75) is 12.6 Å². The third-order valence-corrected chi connectivity index (χ3v) is 4.39. The van der Waals surface area contributed by atoms with Gasteiger partial charge in [0.05, 0.1) is 0 Å². The van der Waals surface area contributed by atoms with Gasteiger partial charge in [-0.1, -0.05) is 60.2 Å². The highest BCUT2D eigenvalue weighted by molar-refractivity contribution is 7.80. The molecule has 1 unspecified atom stereocenters. The average Bonchev–Trinajstić information content (AvgIpc) is 2.69. The minimum absolute atomic E-state index is 0.596. The van der Waals surface area contributed by atoms with E-state index in [2.05, 4.69) is 0 Å². The third kappa shape index (κ3) is 1.78. The van der Waals surface area contributed by atoms with Crippen molar-refractivity contribution in [1.29, 1.82) is 0 Å². The molecule has 0 fully saturated rings. The fourth-order valence-electron chi connectivity index (χ4n) is 2.78. The van der Waals surface area contributed by atoms with Crippen LogP contribution in [0.25, 0.3) is 0 Å². The van der Waals surface area contributed by atoms with Crippen LogP contribution >= 0.6 is 23.8 Å². The number of fused-ring (bicyclic) bond motifs is 1. The maximum Gasteiger partial charge on any atom is 0.192 e. The first-order valence-electron chi connectivity index (χ1n) is 6.49. The molecule has 102 valence electrons. The number of nitrogens with zero attached hydrogens (tertiary/aromatic N) is 1. The number of rotatable bonds is 2. The lowest BCUT2D eigenvalue weighted by Gasteiger charge is -2.35. The molecule has 2 aromatic carbocycles. The van der Waals surface area contributed by atoms with Gasteiger partial charge in [-0.2, -0.15) is 0 Å². The Morgan fingerprint density at radius 2 is 1.90 bits per heavy atom. The molecule has 0 saturated carbocycles. The summed E-state index contributed by atoms with van der Waals surface area (Å²) in [6, 6.07) is 15.0. The fraction of sp³-hybridized carbons (Fsp3) is 0.188. The van der Waals surface area contributed by atoms with Crippen LogP contribution in [0.4, 0.5) is 0 Å². The minimum Gasteiger partial charge on any atom is -0.363 e. The van der Waals surface area contributed by atoms with Crippen LogP contribution in [0, 0.1) is 0 Å². The molecule has 0 radical (unpaired) electrons. The van der Waals surface area contributed by atoms with Crippen LogP contribution in [0.15, 0.2) is 48.5 Å². The third-order valence-electron chi connectivity index (χ3n) is 3.72. The smallest absolute Gasteiger partial charge is 0.192 e. The first-order chi connectivity index (χ1) is 9.59. The summed E-state index contributed by atoms with van der Waals surface area (Å²) in [7, 11) is 0. The second-order valence-corrected chi connectivity index (χ2v) is 5.60. The molecular formula is C16H14ClNOS. The van der Waals surface area contributed by atoms with Gasteiger partial charge in [0.15, 0.2) is 5.72 Å². The van der Waals surface area contributed by atoms with Crippen molar-refractivity contribution < 1.29 is 5.11 Å². The van der Waals surface area contributed by atoms with E-state index in [9.17, 15) is 5.11 Å². The highest BCUT2D eigenvalue weighted by atomic mass is 35.5. The Balaban J connectivity index is 2.29. The highest BCUT2D eigenvalue weighted by Gasteiger charge is 2.47. The second kappa shape index (κ2) is 4.85. The maximum absolute atomic E-state index is 11.3. The number of benzene rings is 2. The Hall–Kier alpha value is -1.42. The van der Waals surface area contributed by atoms with Crippen molar-refractivity contribution >= 4 is 28.8 Å². The molecule has 1 aliphatic heterocycles. The predicted molar refractivity (Wildman–Crippen MR) is 85.0 cm³/mol. The van der Waals surface area contributed by atoms with Crippen LogP contribution in [-0.4, -0.2) is 21.5 Å². The molecule has 20 heavy (non-hydrogen) atoms. The second-order valence-electron chi connectivity index (χ2n) is 4.78. The summed E-state index contributed by atoms with van der Waals surface area (Å²) in [5.41, 5.74) is 1.18. The Kier molecular flexibility index (Phi) is 3.28. The molecule has 0 aromatic heterocycles. The lowest BCUT2D eigenvalue weighted by molar-refractivity contribution is -0.0258. The Morgan fingerprint density at radius 3 is 2.55 bits per heavy atom. The number of halogens is 1. The Morgan fingerprint density at radius 1 is 1.20 bits per heavy atom. The van der Waals surface area contributed by atoms with Crippen LogP contribution in [0.5, 0.6) is 0 Å². The zero-order valence-corrected chi connectivity index (χ0v) is 12.6. The molecule has 4 heteroatoms. The van der Waals surface area contributed by atoms with Crippen LogP contribution in [0.2, 0.25) is 5.02 Å². The molecule has 0 saturated heterocycles. The molecule has 0 amide bonds. The van der Waals surface area contributed by atoms with Gasteiger partial charge < -0.3 is 10.0 Å². The van der Waals surface area contributed by atoms with Crippen molar-refractivity contribution in [2.75, 3.05) is 6.54 Å². The average molecular weight is 304 g/mol. The van der Waals surface area contributed by atoms with Gasteiger partial charge in [-0.25, -0.2) is 0 Å². The SMILES string of the molecule is CCN1C(=S)c2ccc(Cl)cc2C1(O)c1ccccc1. The molecule has 1 atom stereocenters.